The molecule has 6 rings (SSSR count). The third-order valence-electron chi connectivity index (χ3n) is 9.08. The van der Waals surface area contributed by atoms with Crippen molar-refractivity contribution in [2.24, 2.45) is 0 Å². The monoisotopic (exact) mass is 604 g/mol. The van der Waals surface area contributed by atoms with E-state index in [1.54, 1.807) is 9.47 Å². The van der Waals surface area contributed by atoms with Crippen LogP contribution >= 0.6 is 0 Å². The highest BCUT2D eigenvalue weighted by molar-refractivity contribution is 5.94. The Hall–Kier alpha value is -5.01. The van der Waals surface area contributed by atoms with E-state index in [1.165, 1.54) is 4.90 Å². The predicted octanol–water partition coefficient (Wildman–Crippen LogP) is 1.27. The molecule has 3 aliphatic heterocycles. The van der Waals surface area contributed by atoms with E-state index < -0.39 is 29.6 Å². The number of likely N-dealkylation sites (tertiary alicyclic amines) is 2. The molecule has 0 saturated carbocycles. The summed E-state index contributed by atoms with van der Waals surface area (Å²) in [5.74, 6) is -1.33. The van der Waals surface area contributed by atoms with Crippen molar-refractivity contribution in [1.82, 2.24) is 35.3 Å². The third kappa shape index (κ3) is 5.42. The van der Waals surface area contributed by atoms with Gasteiger partial charge in [0.05, 0.1) is 24.2 Å². The Morgan fingerprint density at radius 1 is 0.909 bits per heavy atom. The minimum atomic E-state index is -1.33. The number of piperidine rings is 2. The highest BCUT2D eigenvalue weighted by Gasteiger charge is 2.50. The van der Waals surface area contributed by atoms with Crippen LogP contribution in [0.4, 0.5) is 15.3 Å². The fraction of sp³-hybridized carbons (Fsp3) is 0.433. The molecule has 3 fully saturated rings. The molecule has 0 bridgehead atoms. The number of benzene rings is 2. The number of hydrogen-bond acceptors (Lipinski definition) is 6. The summed E-state index contributed by atoms with van der Waals surface area (Å²) in [5, 5.41) is 17.9. The molecule has 0 aliphatic carbocycles. The average molecular weight is 605 g/mol. The molecule has 1 spiro atoms. The molecular weight excluding hydrogens is 568 g/mol. The lowest BCUT2D eigenvalue weighted by atomic mass is 9.85. The summed E-state index contributed by atoms with van der Waals surface area (Å²) < 4.78 is 1.72. The summed E-state index contributed by atoms with van der Waals surface area (Å²) in [6.45, 7) is 1.45. The number of para-hydroxylation sites is 3. The van der Waals surface area contributed by atoms with Gasteiger partial charge in [0.2, 0.25) is 5.91 Å². The molecule has 4 heterocycles. The van der Waals surface area contributed by atoms with E-state index in [0.29, 0.717) is 58.5 Å². The van der Waals surface area contributed by atoms with Gasteiger partial charge in [0, 0.05) is 37.9 Å². The number of nitrogens with one attached hydrogen (secondary N) is 4. The van der Waals surface area contributed by atoms with Crippen LogP contribution in [0, 0.1) is 0 Å². The Labute approximate surface area is 253 Å². The Balaban J connectivity index is 0.998. The molecule has 14 nitrogen and oxygen atoms in total. The van der Waals surface area contributed by atoms with Gasteiger partial charge in [-0.3, -0.25) is 9.36 Å². The second-order valence-electron chi connectivity index (χ2n) is 11.5. The minimum Gasteiger partial charge on any atom is -0.480 e. The maximum absolute atomic E-state index is 13.0. The van der Waals surface area contributed by atoms with Crippen LogP contribution in [0.25, 0.3) is 11.0 Å². The van der Waals surface area contributed by atoms with Gasteiger partial charge in [-0.15, -0.1) is 0 Å². The van der Waals surface area contributed by atoms with Gasteiger partial charge in [-0.1, -0.05) is 30.3 Å². The first kappa shape index (κ1) is 29.1. The van der Waals surface area contributed by atoms with Crippen molar-refractivity contribution < 1.29 is 24.3 Å². The number of aromatic amines is 1. The van der Waals surface area contributed by atoms with Gasteiger partial charge in [-0.05, 0) is 49.9 Å². The van der Waals surface area contributed by atoms with Crippen molar-refractivity contribution in [1.29, 1.82) is 0 Å². The lowest BCUT2D eigenvalue weighted by Gasteiger charge is -2.43. The second-order valence-corrected chi connectivity index (χ2v) is 11.5. The highest BCUT2D eigenvalue weighted by Crippen LogP contribution is 2.36. The van der Waals surface area contributed by atoms with Crippen molar-refractivity contribution in [3.05, 3.63) is 65.1 Å². The van der Waals surface area contributed by atoms with Crippen molar-refractivity contribution >= 4 is 40.7 Å². The molecule has 3 aromatic rings. The summed E-state index contributed by atoms with van der Waals surface area (Å²) >= 11 is 0. The van der Waals surface area contributed by atoms with E-state index >= 15 is 0 Å². The van der Waals surface area contributed by atoms with Crippen molar-refractivity contribution in [3.63, 3.8) is 0 Å². The van der Waals surface area contributed by atoms with Gasteiger partial charge in [0.1, 0.15) is 11.6 Å². The SMILES string of the molecule is O=C(O)[C@H](CNC(=O)N1CCC2(CC1)C(=O)NCN2c1ccccc1)NC(=O)N1CCC(n2c(=O)[nH]c3ccccc32)CC1. The molecule has 3 aliphatic rings. The van der Waals surface area contributed by atoms with Crippen LogP contribution in [0.1, 0.15) is 31.7 Å². The zero-order chi connectivity index (χ0) is 30.8. The van der Waals surface area contributed by atoms with Gasteiger partial charge >= 0.3 is 23.7 Å². The quantitative estimate of drug-likeness (QED) is 0.282. The first-order chi connectivity index (χ1) is 21.3. The van der Waals surface area contributed by atoms with Crippen molar-refractivity contribution in [2.45, 2.75) is 43.3 Å². The third-order valence-corrected chi connectivity index (χ3v) is 9.08. The van der Waals surface area contributed by atoms with Crippen molar-refractivity contribution in [3.8, 4) is 0 Å². The van der Waals surface area contributed by atoms with E-state index in [-0.39, 0.29) is 24.2 Å². The van der Waals surface area contributed by atoms with E-state index in [2.05, 4.69) is 20.9 Å². The number of aliphatic carboxylic acids is 1. The first-order valence-electron chi connectivity index (χ1n) is 14.9. The zero-order valence-electron chi connectivity index (χ0n) is 24.2. The van der Waals surface area contributed by atoms with E-state index in [1.807, 2.05) is 59.5 Å². The van der Waals surface area contributed by atoms with Crippen LogP contribution in [0.15, 0.2) is 59.4 Å². The number of amides is 5. The van der Waals surface area contributed by atoms with E-state index in [9.17, 15) is 29.1 Å². The lowest BCUT2D eigenvalue weighted by Crippen LogP contribution is -2.59. The molecule has 14 heteroatoms. The standard InChI is InChI=1S/C30H36N8O6/c39-25(40)23(34-28(43)35-14-10-21(11-15-35)38-24-9-5-4-8-22(24)33-29(38)44)18-31-27(42)36-16-12-30(13-17-36)26(41)32-19-37(30)20-6-2-1-3-7-20/h1-9,21,23H,10-19H2,(H,31,42)(H,32,41)(H,33,44)(H,34,43)(H,39,40)/t23-/m0/s1. The number of anilines is 1. The molecule has 1 aromatic heterocycles. The molecule has 232 valence electrons. The number of carbonyl (C=O) groups excluding carboxylic acids is 3. The largest absolute Gasteiger partial charge is 0.480 e. The van der Waals surface area contributed by atoms with Gasteiger partial charge in [0.25, 0.3) is 0 Å². The lowest BCUT2D eigenvalue weighted by molar-refractivity contribution is -0.139. The molecule has 5 N–H and O–H groups in total. The number of imidazole rings is 1. The summed E-state index contributed by atoms with van der Waals surface area (Å²) in [5.41, 5.74) is 1.56. The predicted molar refractivity (Wildman–Crippen MR) is 161 cm³/mol. The number of hydrogen-bond donors (Lipinski definition) is 5. The maximum atomic E-state index is 13.0. The van der Waals surface area contributed by atoms with Gasteiger partial charge in [-0.25, -0.2) is 19.2 Å². The topological polar surface area (TPSA) is 172 Å². The first-order valence-corrected chi connectivity index (χ1v) is 14.9. The van der Waals surface area contributed by atoms with Crippen LogP contribution in [-0.4, -0.2) is 99.4 Å². The average Bonchev–Trinajstić information content (AvgIpc) is 3.54. The zero-order valence-corrected chi connectivity index (χ0v) is 24.2. The van der Waals surface area contributed by atoms with Crippen LogP contribution in [0.5, 0.6) is 0 Å². The van der Waals surface area contributed by atoms with E-state index in [4.69, 9.17) is 0 Å². The van der Waals surface area contributed by atoms with Crippen molar-refractivity contribution in [2.75, 3.05) is 44.3 Å². The Bertz CT molecular complexity index is 1600. The Morgan fingerprint density at radius 3 is 2.27 bits per heavy atom. The van der Waals surface area contributed by atoms with Crippen LogP contribution in [-0.2, 0) is 9.59 Å². The molecule has 2 aromatic carbocycles. The number of carbonyl (C=O) groups is 4. The van der Waals surface area contributed by atoms with Gasteiger partial charge < -0.3 is 40.7 Å². The smallest absolute Gasteiger partial charge is 0.328 e. The summed E-state index contributed by atoms with van der Waals surface area (Å²) in [4.78, 5) is 71.3. The fourth-order valence-electron chi connectivity index (χ4n) is 6.62. The Kier molecular flexibility index (Phi) is 7.89. The number of fused-ring (bicyclic) bond motifs is 1. The van der Waals surface area contributed by atoms with Crippen LogP contribution in [0.2, 0.25) is 0 Å². The van der Waals surface area contributed by atoms with Crippen LogP contribution < -0.4 is 26.5 Å². The minimum absolute atomic E-state index is 0.0624. The summed E-state index contributed by atoms with van der Waals surface area (Å²) in [7, 11) is 0. The molecular formula is C30H36N8O6. The number of rotatable bonds is 6. The Morgan fingerprint density at radius 2 is 1.57 bits per heavy atom. The summed E-state index contributed by atoms with van der Waals surface area (Å²) in [6, 6.07) is 14.7. The highest BCUT2D eigenvalue weighted by atomic mass is 16.4. The number of nitrogens with zero attached hydrogens (tertiary/aromatic N) is 4. The second kappa shape index (κ2) is 11.9. The molecule has 5 amide bonds. The fourth-order valence-corrected chi connectivity index (χ4v) is 6.62. The number of H-pyrrole nitrogens is 1. The van der Waals surface area contributed by atoms with E-state index in [0.717, 1.165) is 16.7 Å². The van der Waals surface area contributed by atoms with Gasteiger partial charge in [-0.2, -0.15) is 0 Å². The van der Waals surface area contributed by atoms with Crippen LogP contribution in [0.3, 0.4) is 0 Å². The molecule has 44 heavy (non-hydrogen) atoms. The number of carboxylic acid groups (broad SMARTS) is 1. The maximum Gasteiger partial charge on any atom is 0.328 e. The molecule has 1 atom stereocenters. The number of aromatic nitrogens is 2. The number of carboxylic acids is 1. The van der Waals surface area contributed by atoms with Gasteiger partial charge in [0.15, 0.2) is 0 Å². The molecule has 0 radical (unpaired) electrons. The number of urea groups is 2. The normalized spacial score (nSPS) is 19.2. The summed E-state index contributed by atoms with van der Waals surface area (Å²) in [6.07, 6.45) is 1.95. The molecule has 3 saturated heterocycles. The molecule has 0 unspecified atom stereocenters.